The lowest BCUT2D eigenvalue weighted by Gasteiger charge is -1.95. The molecular formula is C25H34O6. The van der Waals surface area contributed by atoms with Gasteiger partial charge < -0.3 is 28.4 Å². The van der Waals surface area contributed by atoms with Crippen molar-refractivity contribution >= 4 is 0 Å². The zero-order valence-corrected chi connectivity index (χ0v) is 18.3. The fraction of sp³-hybridized carbons (Fsp3) is 0.520. The Kier molecular flexibility index (Phi) is 11.0. The topological polar surface area (TPSA) is 68.6 Å². The summed E-state index contributed by atoms with van der Waals surface area (Å²) >= 11 is 0. The first kappa shape index (κ1) is 23.9. The molecule has 0 amide bonds. The highest BCUT2D eigenvalue weighted by Gasteiger charge is 2.27. The largest absolute Gasteiger partial charge is 0.376 e. The van der Waals surface area contributed by atoms with Crippen LogP contribution in [0.2, 0.25) is 0 Å². The molecule has 0 radical (unpaired) electrons. The summed E-state index contributed by atoms with van der Waals surface area (Å²) in [6.45, 7) is 8.60. The molecule has 0 N–H and O–H groups in total. The molecule has 4 aliphatic heterocycles. The van der Waals surface area contributed by atoms with Crippen LogP contribution < -0.4 is 0 Å². The van der Waals surface area contributed by atoms with Gasteiger partial charge in [0.15, 0.2) is 0 Å². The third-order valence-corrected chi connectivity index (χ3v) is 4.43. The van der Waals surface area contributed by atoms with Crippen molar-refractivity contribution in [3.8, 4) is 0 Å². The quantitative estimate of drug-likeness (QED) is 0.599. The Morgan fingerprint density at radius 3 is 1.00 bits per heavy atom. The summed E-state index contributed by atoms with van der Waals surface area (Å²) in [5, 5.41) is 0. The zero-order valence-electron chi connectivity index (χ0n) is 18.3. The van der Waals surface area contributed by atoms with E-state index in [0.717, 1.165) is 52.9 Å². The van der Waals surface area contributed by atoms with Crippen LogP contribution >= 0.6 is 0 Å². The predicted molar refractivity (Wildman–Crippen MR) is 118 cm³/mol. The summed E-state index contributed by atoms with van der Waals surface area (Å²) in [5.41, 5.74) is 1.32. The molecular weight excluding hydrogens is 396 g/mol. The van der Waals surface area contributed by atoms with Gasteiger partial charge in [0.2, 0.25) is 0 Å². The molecule has 6 nitrogen and oxygen atoms in total. The molecule has 0 saturated carbocycles. The minimum atomic E-state index is 0.392. The molecule has 4 atom stereocenters. The molecule has 0 aromatic heterocycles. The van der Waals surface area contributed by atoms with E-state index in [1.54, 1.807) is 0 Å². The Morgan fingerprint density at radius 1 is 0.548 bits per heavy atom. The highest BCUT2D eigenvalue weighted by molar-refractivity contribution is 5.11. The monoisotopic (exact) mass is 430 g/mol. The molecule has 2 aromatic rings. The van der Waals surface area contributed by atoms with Gasteiger partial charge in [-0.1, -0.05) is 72.3 Å². The zero-order chi connectivity index (χ0) is 21.6. The summed E-state index contributed by atoms with van der Waals surface area (Å²) in [7, 11) is 0. The summed E-state index contributed by atoms with van der Waals surface area (Å²) in [4.78, 5) is 0. The normalized spacial score (nSPS) is 26.0. The Labute approximate surface area is 185 Å². The van der Waals surface area contributed by atoms with Crippen molar-refractivity contribution in [2.45, 2.75) is 31.3 Å². The van der Waals surface area contributed by atoms with E-state index >= 15 is 0 Å². The van der Waals surface area contributed by atoms with Crippen LogP contribution in [0.4, 0.5) is 0 Å². The van der Waals surface area contributed by atoms with Gasteiger partial charge in [0.25, 0.3) is 0 Å². The van der Waals surface area contributed by atoms with Crippen molar-refractivity contribution in [1.82, 2.24) is 0 Å². The molecule has 170 valence electrons. The highest BCUT2D eigenvalue weighted by atomic mass is 16.6. The van der Waals surface area contributed by atoms with Gasteiger partial charge in [0, 0.05) is 0 Å². The maximum Gasteiger partial charge on any atom is 0.104 e. The van der Waals surface area contributed by atoms with Gasteiger partial charge in [-0.05, 0) is 6.92 Å². The number of benzene rings is 2. The van der Waals surface area contributed by atoms with E-state index in [0.29, 0.717) is 24.4 Å². The van der Waals surface area contributed by atoms with E-state index in [1.165, 1.54) is 5.56 Å². The first-order chi connectivity index (χ1) is 15.3. The van der Waals surface area contributed by atoms with Crippen LogP contribution in [0.3, 0.4) is 0 Å². The Hall–Kier alpha value is -1.80. The van der Waals surface area contributed by atoms with Gasteiger partial charge in [0.05, 0.1) is 52.9 Å². The molecule has 2 aromatic carbocycles. The maximum absolute atomic E-state index is 5.23. The van der Waals surface area contributed by atoms with E-state index < -0.39 is 0 Å². The number of hydrogen-bond acceptors (Lipinski definition) is 6. The number of epoxide rings is 4. The Morgan fingerprint density at radius 2 is 0.806 bits per heavy atom. The summed E-state index contributed by atoms with van der Waals surface area (Å²) in [6.07, 6.45) is 1.57. The van der Waals surface area contributed by atoms with Crippen LogP contribution in [0.25, 0.3) is 0 Å². The van der Waals surface area contributed by atoms with Crippen LogP contribution in [-0.2, 0) is 28.4 Å². The fourth-order valence-corrected chi connectivity index (χ4v) is 2.24. The molecule has 4 unspecified atom stereocenters. The third kappa shape index (κ3) is 14.8. The lowest BCUT2D eigenvalue weighted by Crippen LogP contribution is -2.06. The predicted octanol–water partition coefficient (Wildman–Crippen LogP) is 3.28. The first-order valence-corrected chi connectivity index (χ1v) is 10.9. The minimum Gasteiger partial charge on any atom is -0.376 e. The standard InChI is InChI=1S/C7H8.2C6H10O3.C6H6/c1-7-5-3-2-4-6-7;2*1(5-3-8-5)7-2-6-4-9-6;1-2-4-6-5-3-1/h2-6H,1H3;2*5-6H,1-4H2;1-6H. The van der Waals surface area contributed by atoms with Crippen molar-refractivity contribution < 1.29 is 28.4 Å². The van der Waals surface area contributed by atoms with Gasteiger partial charge in [-0.3, -0.25) is 0 Å². The van der Waals surface area contributed by atoms with Crippen molar-refractivity contribution in [2.75, 3.05) is 52.9 Å². The van der Waals surface area contributed by atoms with Gasteiger partial charge in [0.1, 0.15) is 24.4 Å². The van der Waals surface area contributed by atoms with E-state index in [-0.39, 0.29) is 0 Å². The summed E-state index contributed by atoms with van der Waals surface area (Å²) < 4.78 is 30.2. The molecule has 31 heavy (non-hydrogen) atoms. The smallest absolute Gasteiger partial charge is 0.104 e. The van der Waals surface area contributed by atoms with Gasteiger partial charge in [-0.25, -0.2) is 0 Å². The Bertz CT molecular complexity index is 590. The molecule has 0 aliphatic carbocycles. The lowest BCUT2D eigenvalue weighted by atomic mass is 10.2. The second-order valence-electron chi connectivity index (χ2n) is 7.71. The lowest BCUT2D eigenvalue weighted by molar-refractivity contribution is 0.102. The van der Waals surface area contributed by atoms with Gasteiger partial charge in [-0.15, -0.1) is 0 Å². The van der Waals surface area contributed by atoms with Crippen LogP contribution in [0.5, 0.6) is 0 Å². The third-order valence-electron chi connectivity index (χ3n) is 4.43. The van der Waals surface area contributed by atoms with Crippen molar-refractivity contribution in [1.29, 1.82) is 0 Å². The van der Waals surface area contributed by atoms with Crippen molar-refractivity contribution in [3.05, 3.63) is 72.3 Å². The molecule has 0 spiro atoms. The number of rotatable bonds is 8. The van der Waals surface area contributed by atoms with E-state index in [2.05, 4.69) is 19.1 Å². The second kappa shape index (κ2) is 14.3. The molecule has 0 bridgehead atoms. The average molecular weight is 431 g/mol. The van der Waals surface area contributed by atoms with Gasteiger partial charge in [-0.2, -0.15) is 0 Å². The minimum absolute atomic E-state index is 0.392. The average Bonchev–Trinajstić information content (AvgIpc) is 3.66. The summed E-state index contributed by atoms with van der Waals surface area (Å²) in [5.74, 6) is 0. The van der Waals surface area contributed by atoms with E-state index in [4.69, 9.17) is 28.4 Å². The molecule has 4 fully saturated rings. The molecule has 4 aliphatic rings. The van der Waals surface area contributed by atoms with Crippen LogP contribution in [0.1, 0.15) is 5.56 Å². The molecule has 4 saturated heterocycles. The van der Waals surface area contributed by atoms with E-state index in [9.17, 15) is 0 Å². The molecule has 4 heterocycles. The Balaban J connectivity index is 0.000000119. The maximum atomic E-state index is 5.23. The van der Waals surface area contributed by atoms with Crippen molar-refractivity contribution in [2.24, 2.45) is 0 Å². The summed E-state index contributed by atoms with van der Waals surface area (Å²) in [6, 6.07) is 22.3. The first-order valence-electron chi connectivity index (χ1n) is 10.9. The van der Waals surface area contributed by atoms with Crippen LogP contribution in [-0.4, -0.2) is 77.3 Å². The van der Waals surface area contributed by atoms with E-state index in [1.807, 2.05) is 54.6 Å². The number of hydrogen-bond donors (Lipinski definition) is 0. The van der Waals surface area contributed by atoms with Crippen LogP contribution in [0, 0.1) is 6.92 Å². The second-order valence-corrected chi connectivity index (χ2v) is 7.71. The van der Waals surface area contributed by atoms with Crippen LogP contribution in [0.15, 0.2) is 66.7 Å². The fourth-order valence-electron chi connectivity index (χ4n) is 2.24. The molecule has 6 heteroatoms. The SMILES string of the molecule is C(OCC1CO1)C1CO1.C(OCC1CO1)C1CO1.Cc1ccccc1.c1ccccc1. The number of aryl methyl sites for hydroxylation is 1. The van der Waals surface area contributed by atoms with Gasteiger partial charge >= 0.3 is 0 Å². The highest BCUT2D eigenvalue weighted by Crippen LogP contribution is 2.13. The molecule has 6 rings (SSSR count). The number of ether oxygens (including phenoxy) is 6. The van der Waals surface area contributed by atoms with Crippen molar-refractivity contribution in [3.63, 3.8) is 0 Å².